The molecule has 0 saturated heterocycles. The van der Waals surface area contributed by atoms with E-state index in [1.807, 2.05) is 26.0 Å². The van der Waals surface area contributed by atoms with Gasteiger partial charge >= 0.3 is 0 Å². The van der Waals surface area contributed by atoms with Gasteiger partial charge in [-0.15, -0.1) is 0 Å². The number of aromatic hydroxyl groups is 1. The lowest BCUT2D eigenvalue weighted by Crippen LogP contribution is -2.23. The van der Waals surface area contributed by atoms with Gasteiger partial charge in [-0.1, -0.05) is 12.1 Å². The molecule has 0 heterocycles. The Morgan fingerprint density at radius 1 is 0.952 bits per heavy atom. The maximum atomic E-state index is 13.7. The highest BCUT2D eigenvalue weighted by Crippen LogP contribution is 2.28. The summed E-state index contributed by atoms with van der Waals surface area (Å²) in [7, 11) is 0. The zero-order valence-corrected chi connectivity index (χ0v) is 12.3. The second kappa shape index (κ2) is 6.22. The number of hydrogen-bond donors (Lipinski definition) is 2. The van der Waals surface area contributed by atoms with Gasteiger partial charge in [-0.2, -0.15) is 0 Å². The minimum atomic E-state index is -0.467. The Morgan fingerprint density at radius 3 is 2.29 bits per heavy atom. The summed E-state index contributed by atoms with van der Waals surface area (Å²) in [5.74, 6) is -0.718. The highest BCUT2D eigenvalue weighted by Gasteiger charge is 2.17. The molecule has 0 aliphatic rings. The summed E-state index contributed by atoms with van der Waals surface area (Å²) in [6, 6.07) is 8.25. The highest BCUT2D eigenvalue weighted by atomic mass is 19.1. The average Bonchev–Trinajstić information content (AvgIpc) is 2.41. The lowest BCUT2D eigenvalue weighted by molar-refractivity contribution is 0.432. The molecule has 4 heteroatoms. The largest absolute Gasteiger partial charge is 0.508 e. The van der Waals surface area contributed by atoms with Crippen LogP contribution in [0, 0.1) is 18.6 Å². The van der Waals surface area contributed by atoms with Crippen molar-refractivity contribution >= 4 is 0 Å². The standard InChI is InChI=1S/C17H19F2NO/c1-10-4-6-14(17(21)8-10)11(2)20-12(3)15-9-13(18)5-7-16(15)19/h4-9,11-12,20-21H,1-3H3. The van der Waals surface area contributed by atoms with E-state index in [9.17, 15) is 13.9 Å². The molecule has 2 N–H and O–H groups in total. The van der Waals surface area contributed by atoms with Crippen LogP contribution in [0.1, 0.15) is 42.6 Å². The van der Waals surface area contributed by atoms with Crippen molar-refractivity contribution in [1.82, 2.24) is 5.32 Å². The van der Waals surface area contributed by atoms with E-state index in [2.05, 4.69) is 5.32 Å². The Hall–Kier alpha value is -1.94. The van der Waals surface area contributed by atoms with E-state index < -0.39 is 11.6 Å². The van der Waals surface area contributed by atoms with Crippen molar-refractivity contribution in [3.63, 3.8) is 0 Å². The van der Waals surface area contributed by atoms with Crippen molar-refractivity contribution in [3.8, 4) is 5.75 Å². The van der Waals surface area contributed by atoms with Crippen LogP contribution in [0.4, 0.5) is 8.78 Å². The van der Waals surface area contributed by atoms with E-state index in [0.29, 0.717) is 0 Å². The van der Waals surface area contributed by atoms with E-state index >= 15 is 0 Å². The first-order chi connectivity index (χ1) is 9.88. The molecular weight excluding hydrogens is 272 g/mol. The van der Waals surface area contributed by atoms with Gasteiger partial charge in [-0.25, -0.2) is 8.78 Å². The molecular formula is C17H19F2NO. The smallest absolute Gasteiger partial charge is 0.128 e. The number of benzene rings is 2. The van der Waals surface area contributed by atoms with Crippen LogP contribution in [0.3, 0.4) is 0 Å². The third-order valence-corrected chi connectivity index (χ3v) is 3.58. The number of phenols is 1. The summed E-state index contributed by atoms with van der Waals surface area (Å²) in [5.41, 5.74) is 1.96. The van der Waals surface area contributed by atoms with Crippen LogP contribution in [0.2, 0.25) is 0 Å². The maximum Gasteiger partial charge on any atom is 0.128 e. The summed E-state index contributed by atoms with van der Waals surface area (Å²) in [6.07, 6.45) is 0. The molecule has 2 unspecified atom stereocenters. The first-order valence-electron chi connectivity index (χ1n) is 6.89. The minimum Gasteiger partial charge on any atom is -0.508 e. The Labute approximate surface area is 123 Å². The van der Waals surface area contributed by atoms with Gasteiger partial charge in [0.2, 0.25) is 0 Å². The molecule has 0 radical (unpaired) electrons. The number of nitrogens with one attached hydrogen (secondary N) is 1. The van der Waals surface area contributed by atoms with Gasteiger partial charge in [-0.3, -0.25) is 0 Å². The van der Waals surface area contributed by atoms with Gasteiger partial charge in [0.25, 0.3) is 0 Å². The Morgan fingerprint density at radius 2 is 1.62 bits per heavy atom. The van der Waals surface area contributed by atoms with Crippen molar-refractivity contribution in [2.75, 3.05) is 0 Å². The van der Waals surface area contributed by atoms with E-state index in [0.717, 1.165) is 23.3 Å². The fourth-order valence-corrected chi connectivity index (χ4v) is 2.42. The first-order valence-corrected chi connectivity index (χ1v) is 6.89. The Bertz CT molecular complexity index is 643. The van der Waals surface area contributed by atoms with Crippen molar-refractivity contribution in [2.45, 2.75) is 32.9 Å². The first kappa shape index (κ1) is 15.4. The van der Waals surface area contributed by atoms with Gasteiger partial charge in [0, 0.05) is 23.2 Å². The average molecular weight is 291 g/mol. The van der Waals surface area contributed by atoms with Crippen LogP contribution in [0.5, 0.6) is 5.75 Å². The van der Waals surface area contributed by atoms with Crippen LogP contribution in [0.15, 0.2) is 36.4 Å². The maximum absolute atomic E-state index is 13.7. The van der Waals surface area contributed by atoms with Crippen LogP contribution in [-0.2, 0) is 0 Å². The summed E-state index contributed by atoms with van der Waals surface area (Å²) >= 11 is 0. The Balaban J connectivity index is 2.18. The predicted octanol–water partition coefficient (Wildman–Crippen LogP) is 4.39. The number of aryl methyl sites for hydroxylation is 1. The summed E-state index contributed by atoms with van der Waals surface area (Å²) in [4.78, 5) is 0. The third-order valence-electron chi connectivity index (χ3n) is 3.58. The molecule has 2 aromatic rings. The van der Waals surface area contributed by atoms with Crippen LogP contribution >= 0.6 is 0 Å². The molecule has 0 aliphatic heterocycles. The third kappa shape index (κ3) is 3.58. The molecule has 0 bridgehead atoms. The summed E-state index contributed by atoms with van der Waals surface area (Å²) in [5, 5.41) is 13.1. The van der Waals surface area contributed by atoms with Crippen molar-refractivity contribution in [3.05, 3.63) is 64.7 Å². The molecule has 2 atom stereocenters. The van der Waals surface area contributed by atoms with E-state index in [-0.39, 0.29) is 23.4 Å². The molecule has 2 rings (SSSR count). The molecule has 0 aromatic heterocycles. The molecule has 2 aromatic carbocycles. The predicted molar refractivity (Wildman–Crippen MR) is 79.2 cm³/mol. The molecule has 21 heavy (non-hydrogen) atoms. The van der Waals surface area contributed by atoms with Gasteiger partial charge < -0.3 is 10.4 Å². The van der Waals surface area contributed by atoms with Gasteiger partial charge in [0.05, 0.1) is 0 Å². The zero-order chi connectivity index (χ0) is 15.6. The van der Waals surface area contributed by atoms with Gasteiger partial charge in [0.15, 0.2) is 0 Å². The summed E-state index contributed by atoms with van der Waals surface area (Å²) in [6.45, 7) is 5.53. The normalized spacial score (nSPS) is 14.0. The quantitative estimate of drug-likeness (QED) is 0.875. The second-order valence-corrected chi connectivity index (χ2v) is 5.34. The lowest BCUT2D eigenvalue weighted by atomic mass is 10.0. The molecule has 0 amide bonds. The molecule has 0 aliphatic carbocycles. The number of hydrogen-bond acceptors (Lipinski definition) is 2. The molecule has 0 fully saturated rings. The van der Waals surface area contributed by atoms with Crippen molar-refractivity contribution in [1.29, 1.82) is 0 Å². The number of phenolic OH excluding ortho intramolecular Hbond substituents is 1. The Kier molecular flexibility index (Phi) is 4.58. The fourth-order valence-electron chi connectivity index (χ4n) is 2.42. The number of rotatable bonds is 4. The lowest BCUT2D eigenvalue weighted by Gasteiger charge is -2.22. The molecule has 2 nitrogen and oxygen atoms in total. The van der Waals surface area contributed by atoms with E-state index in [1.165, 1.54) is 6.07 Å². The van der Waals surface area contributed by atoms with Crippen LogP contribution < -0.4 is 5.32 Å². The molecule has 112 valence electrons. The van der Waals surface area contributed by atoms with Crippen LogP contribution in [-0.4, -0.2) is 5.11 Å². The molecule has 0 saturated carbocycles. The highest BCUT2D eigenvalue weighted by molar-refractivity contribution is 5.38. The van der Waals surface area contributed by atoms with Crippen LogP contribution in [0.25, 0.3) is 0 Å². The van der Waals surface area contributed by atoms with Gasteiger partial charge in [0.1, 0.15) is 17.4 Å². The van der Waals surface area contributed by atoms with E-state index in [1.54, 1.807) is 13.0 Å². The topological polar surface area (TPSA) is 32.3 Å². The number of halogens is 2. The monoisotopic (exact) mass is 291 g/mol. The van der Waals surface area contributed by atoms with Gasteiger partial charge in [-0.05, 0) is 50.6 Å². The fraction of sp³-hybridized carbons (Fsp3) is 0.294. The van der Waals surface area contributed by atoms with E-state index in [4.69, 9.17) is 0 Å². The second-order valence-electron chi connectivity index (χ2n) is 5.34. The SMILES string of the molecule is Cc1ccc(C(C)NC(C)c2cc(F)ccc2F)c(O)c1. The van der Waals surface area contributed by atoms with Crippen molar-refractivity contribution in [2.24, 2.45) is 0 Å². The minimum absolute atomic E-state index is 0.191. The van der Waals surface area contributed by atoms with Crippen molar-refractivity contribution < 1.29 is 13.9 Å². The zero-order valence-electron chi connectivity index (χ0n) is 12.3. The molecule has 0 spiro atoms. The summed E-state index contributed by atoms with van der Waals surface area (Å²) < 4.78 is 27.0.